The Hall–Kier alpha value is -1.81. The number of nitro benzene ring substituents is 1. The van der Waals surface area contributed by atoms with Crippen molar-refractivity contribution in [2.75, 3.05) is 12.0 Å². The Morgan fingerprint density at radius 3 is 2.35 bits per heavy atom. The average molecular weight is 363 g/mol. The molecule has 8 nitrogen and oxygen atoms in total. The third-order valence-electron chi connectivity index (χ3n) is 2.47. The van der Waals surface area contributed by atoms with Crippen molar-refractivity contribution in [1.82, 2.24) is 0 Å². The molecule has 0 heterocycles. The van der Waals surface area contributed by atoms with E-state index in [0.29, 0.717) is 0 Å². The third kappa shape index (κ3) is 5.71. The number of benzene rings is 1. The van der Waals surface area contributed by atoms with Crippen LogP contribution in [-0.2, 0) is 30.2 Å². The van der Waals surface area contributed by atoms with Gasteiger partial charge in [0.15, 0.2) is 9.84 Å². The van der Waals surface area contributed by atoms with Gasteiger partial charge < -0.3 is 4.74 Å². The second kappa shape index (κ2) is 6.75. The van der Waals surface area contributed by atoms with Crippen LogP contribution in [0.4, 0.5) is 5.69 Å². The minimum absolute atomic E-state index is 0.228. The summed E-state index contributed by atoms with van der Waals surface area (Å²) in [6.45, 7) is 4.91. The van der Waals surface area contributed by atoms with Gasteiger partial charge in [-0.3, -0.25) is 19.1 Å². The molecule has 0 fully saturated rings. The highest BCUT2D eigenvalue weighted by Gasteiger charge is 2.25. The lowest BCUT2D eigenvalue weighted by atomic mass is 10.2. The van der Waals surface area contributed by atoms with Crippen LogP contribution in [0.25, 0.3) is 0 Å². The Balaban J connectivity index is 3.15. The lowest BCUT2D eigenvalue weighted by Crippen LogP contribution is -2.27. The fourth-order valence-corrected chi connectivity index (χ4v) is 3.27. The van der Waals surface area contributed by atoms with Crippen molar-refractivity contribution in [3.63, 3.8) is 0 Å². The van der Waals surface area contributed by atoms with Crippen LogP contribution in [-0.4, -0.2) is 41.1 Å². The highest BCUT2D eigenvalue weighted by Crippen LogP contribution is 2.26. The monoisotopic (exact) mass is 363 g/mol. The number of sulfone groups is 1. The van der Waals surface area contributed by atoms with Gasteiger partial charge in [0, 0.05) is 12.3 Å². The molecule has 128 valence electrons. The fraction of sp³-hybridized carbons (Fsp3) is 0.462. The molecule has 0 spiro atoms. The van der Waals surface area contributed by atoms with Crippen LogP contribution in [0, 0.1) is 10.1 Å². The molecule has 0 N–H and O–H groups in total. The normalized spacial score (nSPS) is 13.4. The highest BCUT2D eigenvalue weighted by molar-refractivity contribution is 7.90. The third-order valence-corrected chi connectivity index (χ3v) is 4.91. The maximum atomic E-state index is 12.2. The Kier molecular flexibility index (Phi) is 5.65. The number of hydrogen-bond donors (Lipinski definition) is 0. The molecule has 1 aromatic rings. The van der Waals surface area contributed by atoms with Gasteiger partial charge in [0.25, 0.3) is 5.69 Å². The standard InChI is InChI=1S/C13H17NO7S2/c1-13(2,3)21-12(15)8-22(18)11-6-5-9(23(4,19)20)7-10(11)14(16)17/h5-7H,8H2,1-4H3. The van der Waals surface area contributed by atoms with Gasteiger partial charge in [-0.15, -0.1) is 0 Å². The van der Waals surface area contributed by atoms with Gasteiger partial charge in [0.1, 0.15) is 16.2 Å². The zero-order chi connectivity index (χ0) is 18.0. The Morgan fingerprint density at radius 2 is 1.91 bits per heavy atom. The summed E-state index contributed by atoms with van der Waals surface area (Å²) in [4.78, 5) is 21.4. The molecule has 0 saturated heterocycles. The van der Waals surface area contributed by atoms with Crippen molar-refractivity contribution in [3.05, 3.63) is 28.3 Å². The summed E-state index contributed by atoms with van der Waals surface area (Å²) in [5.74, 6) is -1.33. The largest absolute Gasteiger partial charge is 0.459 e. The van der Waals surface area contributed by atoms with Crippen LogP contribution < -0.4 is 0 Å². The maximum Gasteiger partial charge on any atom is 0.319 e. The van der Waals surface area contributed by atoms with Gasteiger partial charge in [-0.2, -0.15) is 0 Å². The van der Waals surface area contributed by atoms with Crippen LogP contribution >= 0.6 is 0 Å². The van der Waals surface area contributed by atoms with Gasteiger partial charge in [-0.05, 0) is 32.9 Å². The van der Waals surface area contributed by atoms with Crippen molar-refractivity contribution in [1.29, 1.82) is 0 Å². The lowest BCUT2D eigenvalue weighted by Gasteiger charge is -2.19. The molecule has 0 radical (unpaired) electrons. The molecule has 0 saturated carbocycles. The SMILES string of the molecule is CC(C)(C)OC(=O)CS(=O)c1ccc(S(C)(=O)=O)cc1[N+](=O)[O-]. The molecule has 1 atom stereocenters. The second-order valence-electron chi connectivity index (χ2n) is 5.74. The van der Waals surface area contributed by atoms with Crippen LogP contribution in [0.1, 0.15) is 20.8 Å². The first-order valence-electron chi connectivity index (χ1n) is 6.40. The summed E-state index contributed by atoms with van der Waals surface area (Å²) in [6, 6.07) is 3.03. The van der Waals surface area contributed by atoms with Crippen molar-refractivity contribution >= 4 is 32.3 Å². The zero-order valence-corrected chi connectivity index (χ0v) is 14.7. The summed E-state index contributed by atoms with van der Waals surface area (Å²) in [5, 5.41) is 11.1. The van der Waals surface area contributed by atoms with Crippen molar-refractivity contribution < 1.29 is 27.1 Å². The molecule has 10 heteroatoms. The number of rotatable bonds is 5. The molecule has 0 aliphatic rings. The first-order valence-corrected chi connectivity index (χ1v) is 9.61. The molecule has 1 rings (SSSR count). The number of nitro groups is 1. The van der Waals surface area contributed by atoms with E-state index in [9.17, 15) is 27.5 Å². The Bertz CT molecular complexity index is 763. The van der Waals surface area contributed by atoms with Crippen LogP contribution in [0.5, 0.6) is 0 Å². The first-order chi connectivity index (χ1) is 10.3. The van der Waals surface area contributed by atoms with Gasteiger partial charge in [-0.25, -0.2) is 8.42 Å². The lowest BCUT2D eigenvalue weighted by molar-refractivity contribution is -0.388. The molecular formula is C13H17NO7S2. The molecule has 0 aliphatic heterocycles. The van der Waals surface area contributed by atoms with E-state index >= 15 is 0 Å². The number of hydrogen-bond acceptors (Lipinski definition) is 7. The van der Waals surface area contributed by atoms with E-state index in [-0.39, 0.29) is 9.79 Å². The molecule has 0 aromatic heterocycles. The Morgan fingerprint density at radius 1 is 1.35 bits per heavy atom. The number of ether oxygens (including phenoxy) is 1. The first kappa shape index (κ1) is 19.2. The van der Waals surface area contributed by atoms with Gasteiger partial charge >= 0.3 is 5.97 Å². The average Bonchev–Trinajstić information content (AvgIpc) is 2.34. The molecule has 23 heavy (non-hydrogen) atoms. The summed E-state index contributed by atoms with van der Waals surface area (Å²) in [7, 11) is -5.67. The summed E-state index contributed by atoms with van der Waals surface area (Å²) >= 11 is 0. The quantitative estimate of drug-likeness (QED) is 0.441. The number of nitrogens with zero attached hydrogens (tertiary/aromatic N) is 1. The molecule has 1 aromatic carbocycles. The molecule has 0 bridgehead atoms. The maximum absolute atomic E-state index is 12.2. The van der Waals surface area contributed by atoms with Gasteiger partial charge in [-0.1, -0.05) is 0 Å². The van der Waals surface area contributed by atoms with E-state index in [4.69, 9.17) is 4.74 Å². The predicted molar refractivity (Wildman–Crippen MR) is 83.3 cm³/mol. The highest BCUT2D eigenvalue weighted by atomic mass is 32.2. The van der Waals surface area contributed by atoms with Crippen LogP contribution in [0.2, 0.25) is 0 Å². The van der Waals surface area contributed by atoms with Crippen molar-refractivity contribution in [3.8, 4) is 0 Å². The summed E-state index contributed by atoms with van der Waals surface area (Å²) in [6.07, 6.45) is 0.906. The molecule has 1 unspecified atom stereocenters. The minimum Gasteiger partial charge on any atom is -0.459 e. The van der Waals surface area contributed by atoms with E-state index in [1.54, 1.807) is 20.8 Å². The van der Waals surface area contributed by atoms with Gasteiger partial charge in [0.05, 0.1) is 20.6 Å². The Labute approximate surface area is 136 Å². The number of esters is 1. The van der Waals surface area contributed by atoms with Crippen molar-refractivity contribution in [2.45, 2.75) is 36.2 Å². The van der Waals surface area contributed by atoms with E-state index in [0.717, 1.165) is 24.5 Å². The van der Waals surface area contributed by atoms with Crippen LogP contribution in [0.3, 0.4) is 0 Å². The predicted octanol–water partition coefficient (Wildman–Crippen LogP) is 1.45. The summed E-state index contributed by atoms with van der Waals surface area (Å²) in [5.41, 5.74) is -1.39. The molecule has 0 aliphatic carbocycles. The van der Waals surface area contributed by atoms with E-state index in [2.05, 4.69) is 0 Å². The summed E-state index contributed by atoms with van der Waals surface area (Å²) < 4.78 is 40.1. The van der Waals surface area contributed by atoms with E-state index < -0.39 is 48.6 Å². The topological polar surface area (TPSA) is 121 Å². The van der Waals surface area contributed by atoms with E-state index in [1.165, 1.54) is 0 Å². The second-order valence-corrected chi connectivity index (χ2v) is 9.17. The minimum atomic E-state index is -3.64. The van der Waals surface area contributed by atoms with Crippen LogP contribution in [0.15, 0.2) is 28.0 Å². The molecular weight excluding hydrogens is 346 g/mol. The fourth-order valence-electron chi connectivity index (χ4n) is 1.62. The molecule has 0 amide bonds. The zero-order valence-electron chi connectivity index (χ0n) is 13.1. The number of carbonyl (C=O) groups excluding carboxylic acids is 1. The van der Waals surface area contributed by atoms with E-state index in [1.807, 2.05) is 0 Å². The van der Waals surface area contributed by atoms with Gasteiger partial charge in [0.2, 0.25) is 0 Å². The van der Waals surface area contributed by atoms with Crippen molar-refractivity contribution in [2.24, 2.45) is 0 Å². The number of carbonyl (C=O) groups is 1. The smallest absolute Gasteiger partial charge is 0.319 e.